The van der Waals surface area contributed by atoms with Crippen molar-refractivity contribution in [2.24, 2.45) is 17.6 Å². The fraction of sp³-hybridized carbons (Fsp3) is 0.600. The summed E-state index contributed by atoms with van der Waals surface area (Å²) < 4.78 is 5.38. The molecule has 0 aliphatic carbocycles. The Balaban J connectivity index is 0.000000488. The molecule has 3 unspecified atom stereocenters. The highest BCUT2D eigenvalue weighted by atomic mass is 32.2. The predicted molar refractivity (Wildman–Crippen MR) is 193 cm³/mol. The Morgan fingerprint density at radius 2 is 1.98 bits per heavy atom. The van der Waals surface area contributed by atoms with Crippen LogP contribution in [0.25, 0.3) is 11.3 Å². The smallest absolute Gasteiger partial charge is 0.157 e. The molecule has 0 spiro atoms. The van der Waals surface area contributed by atoms with Gasteiger partial charge < -0.3 is 20.3 Å². The first kappa shape index (κ1) is 34.2. The molecule has 5 rings (SSSR count). The fourth-order valence-corrected chi connectivity index (χ4v) is 6.87. The normalized spacial score (nSPS) is 20.2. The SMILES string of the molecule is C=C(c1cc(C)ccc1NSC)N1CCCCC1c1cc2nc(N3CC(N)C(CC)C3)c(C)cn2n1.CCC[B]CC(C)C. The van der Waals surface area contributed by atoms with E-state index < -0.39 is 0 Å². The van der Waals surface area contributed by atoms with Crippen molar-refractivity contribution < 1.29 is 0 Å². The molecule has 2 aromatic heterocycles. The molecule has 1 radical (unpaired) electrons. The van der Waals surface area contributed by atoms with Crippen molar-refractivity contribution in [3.63, 3.8) is 0 Å². The van der Waals surface area contributed by atoms with Gasteiger partial charge in [-0.3, -0.25) is 0 Å². The second-order valence-corrected chi connectivity index (χ2v) is 13.7. The molecule has 0 saturated carbocycles. The van der Waals surface area contributed by atoms with Gasteiger partial charge >= 0.3 is 0 Å². The minimum atomic E-state index is 0.184. The highest BCUT2D eigenvalue weighted by Gasteiger charge is 2.32. The number of aryl methyl sites for hydroxylation is 2. The molecule has 239 valence electrons. The van der Waals surface area contributed by atoms with Crippen molar-refractivity contribution >= 4 is 42.1 Å². The van der Waals surface area contributed by atoms with Crippen LogP contribution in [0.3, 0.4) is 0 Å². The second-order valence-electron chi connectivity index (χ2n) is 13.1. The topological polar surface area (TPSA) is 74.7 Å². The molecule has 0 amide bonds. The Hall–Kier alpha value is -2.65. The lowest BCUT2D eigenvalue weighted by molar-refractivity contribution is 0.226. The summed E-state index contributed by atoms with van der Waals surface area (Å²) in [6, 6.07) is 9.09. The van der Waals surface area contributed by atoms with Crippen LogP contribution in [0.15, 0.2) is 37.0 Å². The molecule has 1 aromatic carbocycles. The maximum absolute atomic E-state index is 6.41. The summed E-state index contributed by atoms with van der Waals surface area (Å²) in [4.78, 5) is 9.87. The molecule has 2 aliphatic heterocycles. The first-order valence-corrected chi connectivity index (χ1v) is 17.9. The van der Waals surface area contributed by atoms with Gasteiger partial charge in [-0.25, -0.2) is 9.50 Å². The largest absolute Gasteiger partial charge is 0.363 e. The summed E-state index contributed by atoms with van der Waals surface area (Å²) in [5.74, 6) is 2.41. The van der Waals surface area contributed by atoms with Crippen LogP contribution in [0.5, 0.6) is 0 Å². The maximum Gasteiger partial charge on any atom is 0.157 e. The third-order valence-corrected chi connectivity index (χ3v) is 9.38. The van der Waals surface area contributed by atoms with E-state index >= 15 is 0 Å². The van der Waals surface area contributed by atoms with Gasteiger partial charge in [0.25, 0.3) is 0 Å². The standard InChI is InChI=1S/C28H39N7S.C7H16B/c1-6-21-16-33(17-23(21)29)28-19(3)15-35-27(30-28)14-25(31-35)26-9-7-8-12-34(26)20(4)22-13-18(2)10-11-24(22)32-36-5;1-4-5-8-6-7(2)3/h10-11,13-15,21,23,26,32H,4,6-9,12,16-17,29H2,1-3,5H3;7H,4-6H2,1-3H3. The lowest BCUT2D eigenvalue weighted by Gasteiger charge is -2.38. The summed E-state index contributed by atoms with van der Waals surface area (Å²) >= 11 is 1.61. The Kier molecular flexibility index (Phi) is 12.5. The van der Waals surface area contributed by atoms with E-state index in [1.807, 2.05) is 10.8 Å². The molecular formula is C35H55BN7S. The first-order chi connectivity index (χ1) is 21.2. The first-order valence-electron chi connectivity index (χ1n) is 16.7. The number of hydrogen-bond donors (Lipinski definition) is 2. The van der Waals surface area contributed by atoms with Gasteiger partial charge in [0.2, 0.25) is 0 Å². The lowest BCUT2D eigenvalue weighted by atomic mass is 9.67. The number of nitrogens with one attached hydrogen (secondary N) is 1. The monoisotopic (exact) mass is 616 g/mol. The number of aromatic nitrogens is 3. The molecule has 3 aromatic rings. The number of nitrogens with zero attached hydrogens (tertiary/aromatic N) is 5. The summed E-state index contributed by atoms with van der Waals surface area (Å²) in [5.41, 5.74) is 14.1. The molecule has 4 heterocycles. The summed E-state index contributed by atoms with van der Waals surface area (Å²) in [6.45, 7) is 20.6. The third-order valence-electron chi connectivity index (χ3n) is 8.96. The van der Waals surface area contributed by atoms with Crippen LogP contribution in [-0.4, -0.2) is 58.7 Å². The number of anilines is 2. The molecule has 7 nitrogen and oxygen atoms in total. The molecule has 2 saturated heterocycles. The van der Waals surface area contributed by atoms with Gasteiger partial charge in [-0.2, -0.15) is 5.10 Å². The number of benzene rings is 1. The quantitative estimate of drug-likeness (QED) is 0.128. The lowest BCUT2D eigenvalue weighted by Crippen LogP contribution is -2.32. The molecular weight excluding hydrogens is 561 g/mol. The van der Waals surface area contributed by atoms with Crippen molar-refractivity contribution in [3.05, 3.63) is 59.4 Å². The van der Waals surface area contributed by atoms with Crippen LogP contribution >= 0.6 is 11.9 Å². The maximum atomic E-state index is 6.41. The summed E-state index contributed by atoms with van der Waals surface area (Å²) in [6.07, 6.45) is 12.6. The predicted octanol–water partition coefficient (Wildman–Crippen LogP) is 8.00. The Morgan fingerprint density at radius 1 is 1.18 bits per heavy atom. The van der Waals surface area contributed by atoms with Crippen molar-refractivity contribution in [1.29, 1.82) is 0 Å². The fourth-order valence-electron chi connectivity index (χ4n) is 6.47. The van der Waals surface area contributed by atoms with E-state index in [2.05, 4.69) is 100 Å². The summed E-state index contributed by atoms with van der Waals surface area (Å²) in [5, 5.41) is 5.02. The molecule has 0 bridgehead atoms. The zero-order valence-electron chi connectivity index (χ0n) is 28.3. The minimum absolute atomic E-state index is 0.184. The number of likely N-dealkylation sites (tertiary alicyclic amines) is 1. The Labute approximate surface area is 271 Å². The highest BCUT2D eigenvalue weighted by molar-refractivity contribution is 7.99. The van der Waals surface area contributed by atoms with Gasteiger partial charge in [-0.15, -0.1) is 0 Å². The highest BCUT2D eigenvalue weighted by Crippen LogP contribution is 2.39. The minimum Gasteiger partial charge on any atom is -0.363 e. The van der Waals surface area contributed by atoms with E-state index in [1.54, 1.807) is 11.9 Å². The third kappa shape index (κ3) is 8.33. The van der Waals surface area contributed by atoms with E-state index in [1.165, 1.54) is 31.0 Å². The van der Waals surface area contributed by atoms with Crippen molar-refractivity contribution in [2.75, 3.05) is 35.5 Å². The van der Waals surface area contributed by atoms with Gasteiger partial charge in [0.05, 0.1) is 17.4 Å². The average Bonchev–Trinajstić information content (AvgIpc) is 3.60. The van der Waals surface area contributed by atoms with Gasteiger partial charge in [0, 0.05) is 61.0 Å². The number of nitrogens with two attached hydrogens (primary N) is 1. The molecule has 3 N–H and O–H groups in total. The number of fused-ring (bicyclic) bond motifs is 1. The average molecular weight is 617 g/mol. The number of piperidine rings is 1. The van der Waals surface area contributed by atoms with Crippen molar-refractivity contribution in [1.82, 2.24) is 19.5 Å². The van der Waals surface area contributed by atoms with E-state index in [4.69, 9.17) is 15.8 Å². The van der Waals surface area contributed by atoms with Gasteiger partial charge in [0.1, 0.15) is 13.1 Å². The Bertz CT molecular complexity index is 1370. The number of rotatable bonds is 11. The molecule has 9 heteroatoms. The van der Waals surface area contributed by atoms with Crippen LogP contribution in [0.4, 0.5) is 11.5 Å². The van der Waals surface area contributed by atoms with Crippen molar-refractivity contribution in [2.45, 2.75) is 98.4 Å². The number of hydrogen-bond acceptors (Lipinski definition) is 7. The zero-order chi connectivity index (χ0) is 31.8. The van der Waals surface area contributed by atoms with E-state index in [0.29, 0.717) is 5.92 Å². The van der Waals surface area contributed by atoms with Crippen molar-refractivity contribution in [3.8, 4) is 0 Å². The van der Waals surface area contributed by atoms with Crippen LogP contribution in [0, 0.1) is 25.7 Å². The summed E-state index contributed by atoms with van der Waals surface area (Å²) in [7, 11) is 2.38. The molecule has 3 atom stereocenters. The molecule has 2 aliphatic rings. The van der Waals surface area contributed by atoms with Crippen LogP contribution < -0.4 is 15.4 Å². The van der Waals surface area contributed by atoms with Gasteiger partial charge in [-0.05, 0) is 51.2 Å². The van der Waals surface area contributed by atoms with Gasteiger partial charge in [0.15, 0.2) is 5.65 Å². The zero-order valence-corrected chi connectivity index (χ0v) is 29.1. The van der Waals surface area contributed by atoms with Crippen LogP contribution in [-0.2, 0) is 0 Å². The van der Waals surface area contributed by atoms with Crippen LogP contribution in [0.1, 0.15) is 88.2 Å². The molecule has 44 heavy (non-hydrogen) atoms. The Morgan fingerprint density at radius 3 is 2.66 bits per heavy atom. The van der Waals surface area contributed by atoms with E-state index in [9.17, 15) is 0 Å². The second kappa shape index (κ2) is 16.1. The van der Waals surface area contributed by atoms with Crippen LogP contribution in [0.2, 0.25) is 12.6 Å². The van der Waals surface area contributed by atoms with E-state index in [-0.39, 0.29) is 12.1 Å². The molecule has 2 fully saturated rings. The van der Waals surface area contributed by atoms with Gasteiger partial charge in [-0.1, -0.05) is 89.3 Å². The van der Waals surface area contributed by atoms with E-state index in [0.717, 1.165) is 84.5 Å².